The van der Waals surface area contributed by atoms with Gasteiger partial charge in [-0.2, -0.15) is 4.72 Å². The lowest BCUT2D eigenvalue weighted by molar-refractivity contribution is -0.117. The molecule has 0 aliphatic heterocycles. The summed E-state index contributed by atoms with van der Waals surface area (Å²) in [6.07, 6.45) is 0.0946. The maximum atomic E-state index is 14.0. The maximum absolute atomic E-state index is 14.0. The van der Waals surface area contributed by atoms with E-state index >= 15 is 0 Å². The van der Waals surface area contributed by atoms with Gasteiger partial charge in [-0.3, -0.25) is 4.79 Å². The Labute approximate surface area is 181 Å². The van der Waals surface area contributed by atoms with Crippen LogP contribution < -0.4 is 14.8 Å². The highest BCUT2D eigenvalue weighted by Crippen LogP contribution is 2.18. The maximum Gasteiger partial charge on any atom is 0.242 e. The normalized spacial score (nSPS) is 12.2. The van der Waals surface area contributed by atoms with Crippen molar-refractivity contribution < 1.29 is 22.3 Å². The molecule has 0 fully saturated rings. The van der Waals surface area contributed by atoms with Gasteiger partial charge < -0.3 is 10.1 Å². The van der Waals surface area contributed by atoms with E-state index in [-0.39, 0.29) is 17.0 Å². The quantitative estimate of drug-likeness (QED) is 0.529. The van der Waals surface area contributed by atoms with Crippen LogP contribution in [-0.2, 0) is 21.2 Å². The fraction of sp³-hybridized carbons (Fsp3) is 0.174. The summed E-state index contributed by atoms with van der Waals surface area (Å²) in [5.74, 6) is -0.730. The van der Waals surface area contributed by atoms with E-state index in [1.165, 1.54) is 30.3 Å². The molecule has 3 rings (SSSR count). The number of hydrogen-bond acceptors (Lipinski definition) is 4. The van der Waals surface area contributed by atoms with Crippen LogP contribution in [0.2, 0.25) is 0 Å². The number of benzene rings is 3. The van der Waals surface area contributed by atoms with Crippen molar-refractivity contribution in [1.82, 2.24) is 4.72 Å². The van der Waals surface area contributed by atoms with E-state index < -0.39 is 27.8 Å². The number of nitrogens with one attached hydrogen (secondary N) is 2. The number of ether oxygens (including phenoxy) is 1. The Bertz CT molecular complexity index is 1120. The number of halogens is 1. The van der Waals surface area contributed by atoms with Crippen LogP contribution in [0.5, 0.6) is 5.75 Å². The van der Waals surface area contributed by atoms with Crippen molar-refractivity contribution in [1.29, 1.82) is 0 Å². The summed E-state index contributed by atoms with van der Waals surface area (Å²) in [5.41, 5.74) is 0.733. The first kappa shape index (κ1) is 22.5. The van der Waals surface area contributed by atoms with Crippen LogP contribution in [0.4, 0.5) is 10.1 Å². The van der Waals surface area contributed by atoms with Crippen molar-refractivity contribution in [3.8, 4) is 5.75 Å². The minimum atomic E-state index is -4.02. The minimum Gasteiger partial charge on any atom is -0.494 e. The zero-order valence-corrected chi connectivity index (χ0v) is 17.7. The lowest BCUT2D eigenvalue weighted by atomic mass is 10.1. The van der Waals surface area contributed by atoms with Crippen LogP contribution in [0.1, 0.15) is 12.5 Å². The SMILES string of the molecule is CCOc1ccc(S(=O)(=O)N[C@@H](Cc2ccccc2)C(=O)Nc2ccccc2F)cc1. The van der Waals surface area contributed by atoms with Crippen molar-refractivity contribution >= 4 is 21.6 Å². The van der Waals surface area contributed by atoms with Crippen molar-refractivity contribution in [3.63, 3.8) is 0 Å². The van der Waals surface area contributed by atoms with Gasteiger partial charge >= 0.3 is 0 Å². The molecule has 0 aromatic heterocycles. The molecule has 0 aliphatic carbocycles. The minimum absolute atomic E-state index is 0.00675. The van der Waals surface area contributed by atoms with Gasteiger partial charge in [-0.1, -0.05) is 42.5 Å². The highest BCUT2D eigenvalue weighted by molar-refractivity contribution is 7.89. The largest absolute Gasteiger partial charge is 0.494 e. The molecule has 0 spiro atoms. The van der Waals surface area contributed by atoms with Gasteiger partial charge in [0.1, 0.15) is 17.6 Å². The van der Waals surface area contributed by atoms with Gasteiger partial charge in [0.2, 0.25) is 15.9 Å². The first-order valence-electron chi connectivity index (χ1n) is 9.73. The molecule has 3 aromatic rings. The highest BCUT2D eigenvalue weighted by atomic mass is 32.2. The highest BCUT2D eigenvalue weighted by Gasteiger charge is 2.27. The van der Waals surface area contributed by atoms with Gasteiger partial charge in [0.05, 0.1) is 17.2 Å². The first-order valence-corrected chi connectivity index (χ1v) is 11.2. The molecule has 162 valence electrons. The van der Waals surface area contributed by atoms with Gasteiger partial charge in [-0.05, 0) is 55.3 Å². The van der Waals surface area contributed by atoms with Crippen molar-refractivity contribution in [2.24, 2.45) is 0 Å². The molecule has 2 N–H and O–H groups in total. The van der Waals surface area contributed by atoms with Crippen LogP contribution >= 0.6 is 0 Å². The number of hydrogen-bond donors (Lipinski definition) is 2. The van der Waals surface area contributed by atoms with E-state index in [2.05, 4.69) is 10.0 Å². The van der Waals surface area contributed by atoms with Gasteiger partial charge in [0.15, 0.2) is 0 Å². The van der Waals surface area contributed by atoms with Gasteiger partial charge in [-0.15, -0.1) is 0 Å². The number of amides is 1. The molecule has 0 heterocycles. The first-order chi connectivity index (χ1) is 14.9. The average molecular weight is 443 g/mol. The zero-order valence-electron chi connectivity index (χ0n) is 16.9. The lowest BCUT2D eigenvalue weighted by Crippen LogP contribution is -2.45. The third-order valence-electron chi connectivity index (χ3n) is 4.47. The second-order valence-electron chi connectivity index (χ2n) is 6.74. The molecule has 8 heteroatoms. The summed E-state index contributed by atoms with van der Waals surface area (Å²) in [6, 6.07) is 19.4. The summed E-state index contributed by atoms with van der Waals surface area (Å²) in [7, 11) is -4.02. The number of anilines is 1. The molecule has 0 aliphatic rings. The summed E-state index contributed by atoms with van der Waals surface area (Å²) in [6.45, 7) is 2.29. The molecule has 3 aromatic carbocycles. The topological polar surface area (TPSA) is 84.5 Å². The van der Waals surface area contributed by atoms with E-state index in [9.17, 15) is 17.6 Å². The summed E-state index contributed by atoms with van der Waals surface area (Å²) < 4.78 is 47.6. The monoisotopic (exact) mass is 442 g/mol. The third-order valence-corrected chi connectivity index (χ3v) is 5.96. The molecule has 0 bridgehead atoms. The smallest absolute Gasteiger partial charge is 0.242 e. The number of sulfonamides is 1. The Hall–Kier alpha value is -3.23. The molecule has 0 saturated carbocycles. The van der Waals surface area contributed by atoms with E-state index in [1.54, 1.807) is 42.5 Å². The van der Waals surface area contributed by atoms with E-state index in [1.807, 2.05) is 13.0 Å². The fourth-order valence-electron chi connectivity index (χ4n) is 2.96. The molecule has 0 saturated heterocycles. The molecule has 1 amide bonds. The Kier molecular flexibility index (Phi) is 7.38. The summed E-state index contributed by atoms with van der Waals surface area (Å²) >= 11 is 0. The predicted molar refractivity (Wildman–Crippen MR) is 117 cm³/mol. The van der Waals surface area contributed by atoms with Crippen molar-refractivity contribution in [2.75, 3.05) is 11.9 Å². The van der Waals surface area contributed by atoms with E-state index in [4.69, 9.17) is 4.74 Å². The Morgan fingerprint density at radius 2 is 1.61 bits per heavy atom. The Morgan fingerprint density at radius 3 is 2.26 bits per heavy atom. The van der Waals surface area contributed by atoms with Crippen molar-refractivity contribution in [2.45, 2.75) is 24.3 Å². The van der Waals surface area contributed by atoms with Crippen LogP contribution in [-0.4, -0.2) is 27.0 Å². The molecule has 0 unspecified atom stereocenters. The van der Waals surface area contributed by atoms with E-state index in [0.29, 0.717) is 12.4 Å². The van der Waals surface area contributed by atoms with Crippen LogP contribution in [0.25, 0.3) is 0 Å². The Balaban J connectivity index is 1.84. The molecular weight excluding hydrogens is 419 g/mol. The summed E-state index contributed by atoms with van der Waals surface area (Å²) in [4.78, 5) is 12.9. The standard InChI is InChI=1S/C23H23FN2O4S/c1-2-30-18-12-14-19(15-13-18)31(28,29)26-22(16-17-8-4-3-5-9-17)23(27)25-21-11-7-6-10-20(21)24/h3-15,22,26H,2,16H2,1H3,(H,25,27)/t22-/m0/s1. The fourth-order valence-corrected chi connectivity index (χ4v) is 4.15. The van der Waals surface area contributed by atoms with Gasteiger partial charge in [-0.25, -0.2) is 12.8 Å². The Morgan fingerprint density at radius 1 is 0.968 bits per heavy atom. The second kappa shape index (κ2) is 10.2. The molecule has 0 radical (unpaired) electrons. The zero-order chi connectivity index (χ0) is 22.3. The number of carbonyl (C=O) groups excluding carboxylic acids is 1. The van der Waals surface area contributed by atoms with E-state index in [0.717, 1.165) is 5.56 Å². The average Bonchev–Trinajstić information content (AvgIpc) is 2.76. The summed E-state index contributed by atoms with van der Waals surface area (Å²) in [5, 5.41) is 2.47. The van der Waals surface area contributed by atoms with Crippen molar-refractivity contribution in [3.05, 3.63) is 90.2 Å². The van der Waals surface area contributed by atoms with Gasteiger partial charge in [0, 0.05) is 0 Å². The van der Waals surface area contributed by atoms with Crippen LogP contribution in [0.15, 0.2) is 83.8 Å². The predicted octanol–water partition coefficient (Wildman–Crippen LogP) is 3.75. The number of carbonyl (C=O) groups is 1. The third kappa shape index (κ3) is 6.13. The molecular formula is C23H23FN2O4S. The lowest BCUT2D eigenvalue weighted by Gasteiger charge is -2.19. The van der Waals surface area contributed by atoms with Crippen LogP contribution in [0.3, 0.4) is 0 Å². The van der Waals surface area contributed by atoms with Crippen LogP contribution in [0, 0.1) is 5.82 Å². The molecule has 31 heavy (non-hydrogen) atoms. The second-order valence-corrected chi connectivity index (χ2v) is 8.45. The molecule has 6 nitrogen and oxygen atoms in total. The number of para-hydroxylation sites is 1. The van der Waals surface area contributed by atoms with Gasteiger partial charge in [0.25, 0.3) is 0 Å². The number of rotatable bonds is 9. The molecule has 1 atom stereocenters.